The Kier molecular flexibility index (Phi) is 4.56. The maximum Gasteiger partial charge on any atom is 0.328 e. The standard InChI is InChI=1S/C16H19NO3/c1-11-5-7-14(9-11)17-16(20)13-4-2-3-12(10-13)6-8-15(18)19/h2-4,6,8,10-11,14H,5,7,9H2,1H3,(H,17,20)(H,18,19)/b8-6+. The van der Waals surface area contributed by atoms with Crippen molar-refractivity contribution in [1.29, 1.82) is 0 Å². The van der Waals surface area contributed by atoms with Crippen molar-refractivity contribution in [3.05, 3.63) is 41.5 Å². The second kappa shape index (κ2) is 6.37. The zero-order valence-electron chi connectivity index (χ0n) is 11.5. The molecule has 1 aromatic rings. The summed E-state index contributed by atoms with van der Waals surface area (Å²) in [5.74, 6) is -0.417. The van der Waals surface area contributed by atoms with E-state index >= 15 is 0 Å². The van der Waals surface area contributed by atoms with Gasteiger partial charge in [-0.05, 0) is 49.0 Å². The van der Waals surface area contributed by atoms with Gasteiger partial charge in [0.25, 0.3) is 5.91 Å². The van der Waals surface area contributed by atoms with Crippen LogP contribution in [0, 0.1) is 5.92 Å². The van der Waals surface area contributed by atoms with Gasteiger partial charge in [0, 0.05) is 17.7 Å². The lowest BCUT2D eigenvalue weighted by molar-refractivity contribution is -0.131. The molecule has 0 heterocycles. The number of carbonyl (C=O) groups is 2. The van der Waals surface area contributed by atoms with Gasteiger partial charge in [0.05, 0.1) is 0 Å². The molecule has 0 aromatic heterocycles. The number of carboxylic acid groups (broad SMARTS) is 1. The van der Waals surface area contributed by atoms with E-state index in [0.717, 1.165) is 25.3 Å². The average molecular weight is 273 g/mol. The van der Waals surface area contributed by atoms with Gasteiger partial charge in [-0.15, -0.1) is 0 Å². The molecule has 0 saturated heterocycles. The molecule has 0 spiro atoms. The fourth-order valence-corrected chi connectivity index (χ4v) is 2.56. The molecule has 2 unspecified atom stereocenters. The van der Waals surface area contributed by atoms with Gasteiger partial charge >= 0.3 is 5.97 Å². The van der Waals surface area contributed by atoms with E-state index in [0.29, 0.717) is 17.0 Å². The van der Waals surface area contributed by atoms with Gasteiger partial charge in [0.15, 0.2) is 0 Å². The first-order chi connectivity index (χ1) is 9.54. The quantitative estimate of drug-likeness (QED) is 0.829. The number of nitrogens with one attached hydrogen (secondary N) is 1. The second-order valence-corrected chi connectivity index (χ2v) is 5.39. The van der Waals surface area contributed by atoms with Crippen LogP contribution < -0.4 is 5.32 Å². The Morgan fingerprint density at radius 1 is 1.35 bits per heavy atom. The molecular weight excluding hydrogens is 254 g/mol. The van der Waals surface area contributed by atoms with Crippen LogP contribution >= 0.6 is 0 Å². The first-order valence-corrected chi connectivity index (χ1v) is 6.86. The first-order valence-electron chi connectivity index (χ1n) is 6.86. The number of amides is 1. The maximum atomic E-state index is 12.1. The molecule has 2 rings (SSSR count). The topological polar surface area (TPSA) is 66.4 Å². The summed E-state index contributed by atoms with van der Waals surface area (Å²) < 4.78 is 0. The van der Waals surface area contributed by atoms with Crippen LogP contribution in [0.1, 0.15) is 42.1 Å². The highest BCUT2D eigenvalue weighted by molar-refractivity contribution is 5.95. The van der Waals surface area contributed by atoms with Crippen LogP contribution in [0.5, 0.6) is 0 Å². The average Bonchev–Trinajstić information content (AvgIpc) is 2.82. The Hall–Kier alpha value is -2.10. The molecule has 0 bridgehead atoms. The molecule has 2 N–H and O–H groups in total. The second-order valence-electron chi connectivity index (χ2n) is 5.39. The zero-order chi connectivity index (χ0) is 14.5. The van der Waals surface area contributed by atoms with Crippen LogP contribution in [0.15, 0.2) is 30.3 Å². The SMILES string of the molecule is CC1CCC(NC(=O)c2cccc(/C=C/C(=O)O)c2)C1. The van der Waals surface area contributed by atoms with Crippen molar-refractivity contribution < 1.29 is 14.7 Å². The molecule has 2 atom stereocenters. The van der Waals surface area contributed by atoms with Gasteiger partial charge in [-0.3, -0.25) is 4.79 Å². The van der Waals surface area contributed by atoms with Crippen LogP contribution in [-0.2, 0) is 4.79 Å². The predicted octanol–water partition coefficient (Wildman–Crippen LogP) is 2.70. The summed E-state index contributed by atoms with van der Waals surface area (Å²) in [7, 11) is 0. The number of carboxylic acids is 1. The van der Waals surface area contributed by atoms with Crippen molar-refractivity contribution in [3.63, 3.8) is 0 Å². The maximum absolute atomic E-state index is 12.1. The van der Waals surface area contributed by atoms with E-state index < -0.39 is 5.97 Å². The lowest BCUT2D eigenvalue weighted by atomic mass is 10.1. The van der Waals surface area contributed by atoms with Crippen molar-refractivity contribution in [1.82, 2.24) is 5.32 Å². The smallest absolute Gasteiger partial charge is 0.328 e. The van der Waals surface area contributed by atoms with Crippen molar-refractivity contribution in [2.75, 3.05) is 0 Å². The van der Waals surface area contributed by atoms with Crippen LogP contribution in [0.4, 0.5) is 0 Å². The van der Waals surface area contributed by atoms with Gasteiger partial charge < -0.3 is 10.4 Å². The summed E-state index contributed by atoms with van der Waals surface area (Å²) in [6, 6.07) is 7.23. The summed E-state index contributed by atoms with van der Waals surface area (Å²) in [4.78, 5) is 22.6. The molecule has 0 radical (unpaired) electrons. The van der Waals surface area contributed by atoms with Crippen molar-refractivity contribution >= 4 is 18.0 Å². The number of carbonyl (C=O) groups excluding carboxylic acids is 1. The van der Waals surface area contributed by atoms with Crippen LogP contribution in [0.25, 0.3) is 6.08 Å². The lowest BCUT2D eigenvalue weighted by Crippen LogP contribution is -2.32. The summed E-state index contributed by atoms with van der Waals surface area (Å²) >= 11 is 0. The summed E-state index contributed by atoms with van der Waals surface area (Å²) in [5, 5.41) is 11.6. The Morgan fingerprint density at radius 3 is 2.80 bits per heavy atom. The van der Waals surface area contributed by atoms with E-state index in [-0.39, 0.29) is 11.9 Å². The Labute approximate surface area is 118 Å². The van der Waals surface area contributed by atoms with E-state index in [1.54, 1.807) is 24.3 Å². The Bertz CT molecular complexity index is 536. The molecule has 106 valence electrons. The number of aliphatic carboxylic acids is 1. The summed E-state index contributed by atoms with van der Waals surface area (Å²) in [5.41, 5.74) is 1.27. The Balaban J connectivity index is 2.02. The third-order valence-electron chi connectivity index (χ3n) is 3.60. The minimum atomic E-state index is -1.00. The van der Waals surface area contributed by atoms with Crippen LogP contribution in [0.2, 0.25) is 0 Å². The highest BCUT2D eigenvalue weighted by atomic mass is 16.4. The summed E-state index contributed by atoms with van der Waals surface area (Å²) in [6.07, 6.45) is 5.77. The van der Waals surface area contributed by atoms with Gasteiger partial charge in [0.1, 0.15) is 0 Å². The molecule has 1 fully saturated rings. The van der Waals surface area contributed by atoms with Crippen molar-refractivity contribution in [3.8, 4) is 0 Å². The fraction of sp³-hybridized carbons (Fsp3) is 0.375. The highest BCUT2D eigenvalue weighted by Crippen LogP contribution is 2.24. The minimum absolute atomic E-state index is 0.0883. The van der Waals surface area contributed by atoms with E-state index in [1.165, 1.54) is 6.08 Å². The van der Waals surface area contributed by atoms with E-state index in [2.05, 4.69) is 12.2 Å². The van der Waals surface area contributed by atoms with Crippen LogP contribution in [-0.4, -0.2) is 23.0 Å². The number of hydrogen-bond donors (Lipinski definition) is 2. The van der Waals surface area contributed by atoms with E-state index in [1.807, 2.05) is 0 Å². The van der Waals surface area contributed by atoms with Gasteiger partial charge in [-0.2, -0.15) is 0 Å². The summed E-state index contributed by atoms with van der Waals surface area (Å²) in [6.45, 7) is 2.20. The molecule has 1 aliphatic carbocycles. The monoisotopic (exact) mass is 273 g/mol. The highest BCUT2D eigenvalue weighted by Gasteiger charge is 2.22. The number of hydrogen-bond acceptors (Lipinski definition) is 2. The first kappa shape index (κ1) is 14.3. The Morgan fingerprint density at radius 2 is 2.15 bits per heavy atom. The molecule has 0 aliphatic heterocycles. The molecule has 20 heavy (non-hydrogen) atoms. The molecule has 1 amide bonds. The molecule has 4 nitrogen and oxygen atoms in total. The molecule has 4 heteroatoms. The molecule has 1 aliphatic rings. The normalized spacial score (nSPS) is 22.1. The molecule has 1 saturated carbocycles. The minimum Gasteiger partial charge on any atom is -0.478 e. The van der Waals surface area contributed by atoms with Gasteiger partial charge in [-0.25, -0.2) is 4.79 Å². The molecule has 1 aromatic carbocycles. The number of benzene rings is 1. The third kappa shape index (κ3) is 3.95. The third-order valence-corrected chi connectivity index (χ3v) is 3.60. The predicted molar refractivity (Wildman–Crippen MR) is 77.4 cm³/mol. The number of rotatable bonds is 4. The van der Waals surface area contributed by atoms with Gasteiger partial charge in [0.2, 0.25) is 0 Å². The van der Waals surface area contributed by atoms with Crippen LogP contribution in [0.3, 0.4) is 0 Å². The van der Waals surface area contributed by atoms with E-state index in [9.17, 15) is 9.59 Å². The van der Waals surface area contributed by atoms with E-state index in [4.69, 9.17) is 5.11 Å². The zero-order valence-corrected chi connectivity index (χ0v) is 11.5. The molecular formula is C16H19NO3. The van der Waals surface area contributed by atoms with Gasteiger partial charge in [-0.1, -0.05) is 19.1 Å². The van der Waals surface area contributed by atoms with Crippen molar-refractivity contribution in [2.24, 2.45) is 5.92 Å². The fourth-order valence-electron chi connectivity index (χ4n) is 2.56. The van der Waals surface area contributed by atoms with Crippen molar-refractivity contribution in [2.45, 2.75) is 32.2 Å². The lowest BCUT2D eigenvalue weighted by Gasteiger charge is -2.12. The largest absolute Gasteiger partial charge is 0.478 e.